The van der Waals surface area contributed by atoms with Crippen LogP contribution >= 0.6 is 11.6 Å². The Hall–Kier alpha value is -2.87. The second-order valence-electron chi connectivity index (χ2n) is 8.23. The summed E-state index contributed by atoms with van der Waals surface area (Å²) in [7, 11) is -4.03. The molecule has 0 N–H and O–H groups in total. The molecule has 1 atom stereocenters. The Morgan fingerprint density at radius 2 is 1.79 bits per heavy atom. The summed E-state index contributed by atoms with van der Waals surface area (Å²) in [4.78, 5) is 15.2. The molecule has 0 bridgehead atoms. The Balaban J connectivity index is 1.67. The molecule has 3 aromatic carbocycles. The molecule has 0 fully saturated rings. The molecule has 1 aliphatic rings. The van der Waals surface area contributed by atoms with E-state index in [1.807, 2.05) is 68.4 Å². The van der Waals surface area contributed by atoms with Gasteiger partial charge in [0.1, 0.15) is 5.75 Å². The van der Waals surface area contributed by atoms with Gasteiger partial charge in [0.05, 0.1) is 23.1 Å². The molecule has 0 spiro atoms. The van der Waals surface area contributed by atoms with Crippen molar-refractivity contribution in [3.8, 4) is 5.75 Å². The van der Waals surface area contributed by atoms with Crippen molar-refractivity contribution >= 4 is 33.2 Å². The van der Waals surface area contributed by atoms with Crippen LogP contribution in [0.1, 0.15) is 25.0 Å². The number of carbonyl (C=O) groups is 1. The standard InChI is InChI=1S/C26H27ClN2O4S/c1-3-33-25-14-13-22(16-23(25)27)34(31,32)28(17-20-9-5-4-6-10-20)18-26(30)29-19(2)15-21-11-7-8-12-24(21)29/h4-14,16,19H,3,15,17-18H2,1-2H3/t19-/m1/s1. The van der Waals surface area contributed by atoms with E-state index in [-0.39, 0.29) is 35.0 Å². The molecule has 0 saturated heterocycles. The summed E-state index contributed by atoms with van der Waals surface area (Å²) in [6.45, 7) is 3.98. The molecular weight excluding hydrogens is 472 g/mol. The number of benzene rings is 3. The predicted octanol–water partition coefficient (Wildman–Crippen LogP) is 4.91. The minimum absolute atomic E-state index is 0.0135. The minimum atomic E-state index is -4.03. The zero-order valence-corrected chi connectivity index (χ0v) is 20.7. The molecule has 8 heteroatoms. The molecule has 0 aliphatic carbocycles. The van der Waals surface area contributed by atoms with Gasteiger partial charge in [0, 0.05) is 18.3 Å². The maximum atomic E-state index is 13.7. The highest BCUT2D eigenvalue weighted by atomic mass is 35.5. The number of fused-ring (bicyclic) bond motifs is 1. The molecule has 178 valence electrons. The number of amides is 1. The Kier molecular flexibility index (Phi) is 7.26. The van der Waals surface area contributed by atoms with Gasteiger partial charge in [-0.15, -0.1) is 0 Å². The molecule has 0 saturated carbocycles. The molecule has 0 unspecified atom stereocenters. The molecule has 0 radical (unpaired) electrons. The van der Waals surface area contributed by atoms with Gasteiger partial charge in [0.25, 0.3) is 0 Å². The van der Waals surface area contributed by atoms with Crippen molar-refractivity contribution in [1.82, 2.24) is 4.31 Å². The Labute approximate surface area is 205 Å². The average Bonchev–Trinajstić information content (AvgIpc) is 3.16. The van der Waals surface area contributed by atoms with Crippen molar-refractivity contribution in [3.05, 3.63) is 88.9 Å². The maximum Gasteiger partial charge on any atom is 0.243 e. The topological polar surface area (TPSA) is 66.9 Å². The van der Waals surface area contributed by atoms with Crippen LogP contribution in [0.25, 0.3) is 0 Å². The Morgan fingerprint density at radius 1 is 1.09 bits per heavy atom. The van der Waals surface area contributed by atoms with Crippen molar-refractivity contribution in [1.29, 1.82) is 0 Å². The van der Waals surface area contributed by atoms with E-state index in [0.29, 0.717) is 12.4 Å². The highest BCUT2D eigenvalue weighted by Gasteiger charge is 2.34. The highest BCUT2D eigenvalue weighted by Crippen LogP contribution is 2.33. The van der Waals surface area contributed by atoms with Crippen LogP contribution in [0, 0.1) is 0 Å². The number of sulfonamides is 1. The summed E-state index contributed by atoms with van der Waals surface area (Å²) < 4.78 is 34.0. The first-order valence-corrected chi connectivity index (χ1v) is 13.0. The fourth-order valence-electron chi connectivity index (χ4n) is 4.25. The average molecular weight is 499 g/mol. The van der Waals surface area contributed by atoms with E-state index in [9.17, 15) is 13.2 Å². The van der Waals surface area contributed by atoms with Gasteiger partial charge in [-0.25, -0.2) is 8.42 Å². The van der Waals surface area contributed by atoms with Gasteiger partial charge in [-0.2, -0.15) is 4.31 Å². The van der Waals surface area contributed by atoms with Crippen molar-refractivity contribution < 1.29 is 17.9 Å². The van der Waals surface area contributed by atoms with Crippen LogP contribution in [0.15, 0.2) is 77.7 Å². The number of rotatable bonds is 8. The van der Waals surface area contributed by atoms with E-state index < -0.39 is 10.0 Å². The summed E-state index contributed by atoms with van der Waals surface area (Å²) in [5, 5.41) is 0.205. The van der Waals surface area contributed by atoms with Crippen LogP contribution in [0.5, 0.6) is 5.75 Å². The van der Waals surface area contributed by atoms with Gasteiger partial charge in [0.2, 0.25) is 15.9 Å². The summed E-state index contributed by atoms with van der Waals surface area (Å²) in [6.07, 6.45) is 0.738. The number of halogens is 1. The lowest BCUT2D eigenvalue weighted by Crippen LogP contribution is -2.44. The summed E-state index contributed by atoms with van der Waals surface area (Å²) in [5.74, 6) is 0.144. The molecule has 4 rings (SSSR count). The lowest BCUT2D eigenvalue weighted by molar-refractivity contribution is -0.119. The molecule has 1 aliphatic heterocycles. The number of hydrogen-bond acceptors (Lipinski definition) is 4. The van der Waals surface area contributed by atoms with Gasteiger partial charge in [-0.3, -0.25) is 4.79 Å². The Bertz CT molecular complexity index is 1280. The maximum absolute atomic E-state index is 13.7. The first kappa shape index (κ1) is 24.3. The normalized spacial score (nSPS) is 15.4. The van der Waals surface area contributed by atoms with Gasteiger partial charge in [0.15, 0.2) is 0 Å². The van der Waals surface area contributed by atoms with Crippen LogP contribution in [0.3, 0.4) is 0 Å². The van der Waals surface area contributed by atoms with Gasteiger partial charge >= 0.3 is 0 Å². The number of nitrogens with zero attached hydrogens (tertiary/aromatic N) is 2. The summed E-state index contributed by atoms with van der Waals surface area (Å²) in [6, 6.07) is 21.3. The van der Waals surface area contributed by atoms with E-state index in [4.69, 9.17) is 16.3 Å². The number of carbonyl (C=O) groups excluding carboxylic acids is 1. The monoisotopic (exact) mass is 498 g/mol. The first-order valence-electron chi connectivity index (χ1n) is 11.2. The van der Waals surface area contributed by atoms with E-state index >= 15 is 0 Å². The van der Waals surface area contributed by atoms with Crippen molar-refractivity contribution in [2.24, 2.45) is 0 Å². The van der Waals surface area contributed by atoms with E-state index in [0.717, 1.165) is 23.2 Å². The third-order valence-electron chi connectivity index (χ3n) is 5.83. The number of hydrogen-bond donors (Lipinski definition) is 0. The van der Waals surface area contributed by atoms with Crippen LogP contribution in [0.4, 0.5) is 5.69 Å². The highest BCUT2D eigenvalue weighted by molar-refractivity contribution is 7.89. The third-order valence-corrected chi connectivity index (χ3v) is 7.91. The minimum Gasteiger partial charge on any atom is -0.492 e. The zero-order valence-electron chi connectivity index (χ0n) is 19.1. The molecule has 1 amide bonds. The van der Waals surface area contributed by atoms with Gasteiger partial charge in [-0.1, -0.05) is 60.1 Å². The van der Waals surface area contributed by atoms with Crippen molar-refractivity contribution in [2.45, 2.75) is 37.8 Å². The van der Waals surface area contributed by atoms with Crippen molar-refractivity contribution in [2.75, 3.05) is 18.1 Å². The molecule has 6 nitrogen and oxygen atoms in total. The fourth-order valence-corrected chi connectivity index (χ4v) is 5.95. The van der Waals surface area contributed by atoms with Gasteiger partial charge < -0.3 is 9.64 Å². The van der Waals surface area contributed by atoms with Crippen molar-refractivity contribution in [3.63, 3.8) is 0 Å². The summed E-state index contributed by atoms with van der Waals surface area (Å²) >= 11 is 6.28. The van der Waals surface area contributed by atoms with Crippen LogP contribution in [-0.2, 0) is 27.8 Å². The smallest absolute Gasteiger partial charge is 0.243 e. The lowest BCUT2D eigenvalue weighted by atomic mass is 10.1. The van der Waals surface area contributed by atoms with E-state index in [1.165, 1.54) is 16.4 Å². The van der Waals surface area contributed by atoms with Gasteiger partial charge in [-0.05, 0) is 55.7 Å². The molecule has 0 aromatic heterocycles. The second-order valence-corrected chi connectivity index (χ2v) is 10.6. The Morgan fingerprint density at radius 3 is 2.50 bits per heavy atom. The number of ether oxygens (including phenoxy) is 1. The molecule has 3 aromatic rings. The predicted molar refractivity (Wildman–Crippen MR) is 134 cm³/mol. The summed E-state index contributed by atoms with van der Waals surface area (Å²) in [5.41, 5.74) is 2.70. The fraction of sp³-hybridized carbons (Fsp3) is 0.269. The quantitative estimate of drug-likeness (QED) is 0.442. The number of anilines is 1. The zero-order chi connectivity index (χ0) is 24.3. The number of para-hydroxylation sites is 1. The molecule has 1 heterocycles. The lowest BCUT2D eigenvalue weighted by Gasteiger charge is -2.27. The second kappa shape index (κ2) is 10.2. The van der Waals surface area contributed by atoms with E-state index in [1.54, 1.807) is 11.0 Å². The van der Waals surface area contributed by atoms with Crippen LogP contribution in [-0.4, -0.2) is 37.8 Å². The van der Waals surface area contributed by atoms with E-state index in [2.05, 4.69) is 0 Å². The van der Waals surface area contributed by atoms with Crippen LogP contribution < -0.4 is 9.64 Å². The largest absolute Gasteiger partial charge is 0.492 e. The van der Waals surface area contributed by atoms with Crippen LogP contribution in [0.2, 0.25) is 5.02 Å². The molecule has 34 heavy (non-hydrogen) atoms. The first-order chi connectivity index (χ1) is 16.3. The third kappa shape index (κ3) is 4.97. The SMILES string of the molecule is CCOc1ccc(S(=O)(=O)N(CC(=O)N2c3ccccc3C[C@H]2C)Cc2ccccc2)cc1Cl. The molecular formula is C26H27ClN2O4S.